The Kier molecular flexibility index (Phi) is 4.02. The molecule has 2 rings (SSSR count). The van der Waals surface area contributed by atoms with E-state index in [0.29, 0.717) is 0 Å². The van der Waals surface area contributed by atoms with Crippen molar-refractivity contribution < 1.29 is 21.2 Å². The molecule has 2 aromatic rings. The zero-order valence-corrected chi connectivity index (χ0v) is 12.6. The minimum Gasteiger partial charge on any atom is -0.280 e. The third kappa shape index (κ3) is 3.59. The second kappa shape index (κ2) is 5.45. The van der Waals surface area contributed by atoms with Crippen molar-refractivity contribution >= 4 is 25.5 Å². The van der Waals surface area contributed by atoms with Gasteiger partial charge in [0, 0.05) is 6.26 Å². The standard InChI is InChI=1S/C13H12FNO4S2/c1-20(16,17)11-6-4-5-10(9-11)15-21(18,19)13-8-3-2-7-12(13)14/h2-9,15H,1H3. The van der Waals surface area contributed by atoms with Crippen molar-refractivity contribution in [2.75, 3.05) is 11.0 Å². The van der Waals surface area contributed by atoms with Crippen LogP contribution in [0, 0.1) is 5.82 Å². The lowest BCUT2D eigenvalue weighted by Crippen LogP contribution is -2.14. The van der Waals surface area contributed by atoms with E-state index in [0.717, 1.165) is 18.4 Å². The Balaban J connectivity index is 2.41. The van der Waals surface area contributed by atoms with Gasteiger partial charge < -0.3 is 0 Å². The highest BCUT2D eigenvalue weighted by atomic mass is 32.2. The number of halogens is 1. The molecule has 0 aliphatic carbocycles. The number of hydrogen-bond acceptors (Lipinski definition) is 4. The summed E-state index contributed by atoms with van der Waals surface area (Å²) in [6.45, 7) is 0. The van der Waals surface area contributed by atoms with E-state index in [1.54, 1.807) is 0 Å². The Bertz CT molecular complexity index is 877. The topological polar surface area (TPSA) is 80.3 Å². The van der Waals surface area contributed by atoms with Crippen LogP contribution in [0.1, 0.15) is 0 Å². The van der Waals surface area contributed by atoms with Crippen molar-refractivity contribution in [3.8, 4) is 0 Å². The lowest BCUT2D eigenvalue weighted by Gasteiger charge is -2.09. The highest BCUT2D eigenvalue weighted by Gasteiger charge is 2.19. The molecule has 2 aromatic carbocycles. The summed E-state index contributed by atoms with van der Waals surface area (Å²) in [6.07, 6.45) is 1.01. The van der Waals surface area contributed by atoms with Gasteiger partial charge in [-0.1, -0.05) is 18.2 Å². The van der Waals surface area contributed by atoms with E-state index in [2.05, 4.69) is 4.72 Å². The summed E-state index contributed by atoms with van der Waals surface area (Å²) in [7, 11) is -7.59. The molecule has 5 nitrogen and oxygen atoms in total. The van der Waals surface area contributed by atoms with Crippen molar-refractivity contribution in [3.63, 3.8) is 0 Å². The molecule has 0 aliphatic heterocycles. The van der Waals surface area contributed by atoms with Crippen molar-refractivity contribution in [2.45, 2.75) is 9.79 Å². The van der Waals surface area contributed by atoms with Gasteiger partial charge in [-0.2, -0.15) is 0 Å². The second-order valence-electron chi connectivity index (χ2n) is 4.34. The quantitative estimate of drug-likeness (QED) is 0.931. The average Bonchev–Trinajstić information content (AvgIpc) is 2.37. The largest absolute Gasteiger partial charge is 0.280 e. The molecular formula is C13H12FNO4S2. The molecule has 0 amide bonds. The van der Waals surface area contributed by atoms with Gasteiger partial charge in [0.05, 0.1) is 10.6 Å². The molecule has 0 saturated heterocycles. The average molecular weight is 329 g/mol. The maximum absolute atomic E-state index is 13.5. The normalized spacial score (nSPS) is 12.1. The number of rotatable bonds is 4. The molecule has 0 aliphatic rings. The van der Waals surface area contributed by atoms with E-state index < -0.39 is 30.6 Å². The van der Waals surface area contributed by atoms with Gasteiger partial charge in [-0.15, -0.1) is 0 Å². The van der Waals surface area contributed by atoms with Crippen LogP contribution in [0.4, 0.5) is 10.1 Å². The van der Waals surface area contributed by atoms with Gasteiger partial charge in [0.2, 0.25) is 0 Å². The van der Waals surface area contributed by atoms with Gasteiger partial charge in [-0.3, -0.25) is 4.72 Å². The molecule has 0 aromatic heterocycles. The summed E-state index contributed by atoms with van der Waals surface area (Å²) in [5.74, 6) is -0.885. The van der Waals surface area contributed by atoms with E-state index in [9.17, 15) is 21.2 Å². The summed E-state index contributed by atoms with van der Waals surface area (Å²) in [4.78, 5) is -0.536. The first-order valence-electron chi connectivity index (χ1n) is 5.77. The lowest BCUT2D eigenvalue weighted by molar-refractivity contribution is 0.570. The summed E-state index contributed by atoms with van der Waals surface area (Å²) in [5, 5.41) is 0. The Morgan fingerprint density at radius 1 is 0.952 bits per heavy atom. The molecule has 1 N–H and O–H groups in total. The van der Waals surface area contributed by atoms with Crippen LogP contribution in [0.15, 0.2) is 58.3 Å². The Hall–Kier alpha value is -1.93. The third-order valence-electron chi connectivity index (χ3n) is 2.64. The maximum Gasteiger partial charge on any atom is 0.264 e. The van der Waals surface area contributed by atoms with Gasteiger partial charge in [-0.05, 0) is 30.3 Å². The van der Waals surface area contributed by atoms with E-state index in [4.69, 9.17) is 0 Å². The zero-order valence-electron chi connectivity index (χ0n) is 10.9. The minimum atomic E-state index is -4.13. The number of sulfonamides is 1. The zero-order chi connectivity index (χ0) is 15.7. The molecule has 0 heterocycles. The first-order valence-corrected chi connectivity index (χ1v) is 9.15. The van der Waals surface area contributed by atoms with E-state index in [-0.39, 0.29) is 10.6 Å². The van der Waals surface area contributed by atoms with Crippen LogP contribution in [-0.2, 0) is 19.9 Å². The smallest absolute Gasteiger partial charge is 0.264 e. The van der Waals surface area contributed by atoms with Crippen LogP contribution in [0.25, 0.3) is 0 Å². The van der Waals surface area contributed by atoms with E-state index in [1.807, 2.05) is 0 Å². The van der Waals surface area contributed by atoms with Gasteiger partial charge in [0.1, 0.15) is 10.7 Å². The molecular weight excluding hydrogens is 317 g/mol. The van der Waals surface area contributed by atoms with Crippen LogP contribution in [0.5, 0.6) is 0 Å². The second-order valence-corrected chi connectivity index (χ2v) is 8.00. The van der Waals surface area contributed by atoms with Crippen molar-refractivity contribution in [1.29, 1.82) is 0 Å². The molecule has 112 valence electrons. The predicted octanol–water partition coefficient (Wildman–Crippen LogP) is 2.03. The Morgan fingerprint density at radius 2 is 1.62 bits per heavy atom. The third-order valence-corrected chi connectivity index (χ3v) is 5.17. The van der Waals surface area contributed by atoms with E-state index in [1.165, 1.54) is 36.4 Å². The Morgan fingerprint density at radius 3 is 2.24 bits per heavy atom. The van der Waals surface area contributed by atoms with Crippen molar-refractivity contribution in [3.05, 3.63) is 54.3 Å². The number of sulfone groups is 1. The molecule has 21 heavy (non-hydrogen) atoms. The fraction of sp³-hybridized carbons (Fsp3) is 0.0769. The summed E-state index contributed by atoms with van der Waals surface area (Å²) >= 11 is 0. The maximum atomic E-state index is 13.5. The van der Waals surface area contributed by atoms with Crippen LogP contribution < -0.4 is 4.72 Å². The van der Waals surface area contributed by atoms with Gasteiger partial charge in [0.25, 0.3) is 10.0 Å². The molecule has 8 heteroatoms. The van der Waals surface area contributed by atoms with Crippen LogP contribution in [0.3, 0.4) is 0 Å². The van der Waals surface area contributed by atoms with Crippen LogP contribution in [-0.4, -0.2) is 23.1 Å². The Labute approximate surface area is 122 Å². The van der Waals surface area contributed by atoms with Crippen molar-refractivity contribution in [1.82, 2.24) is 0 Å². The molecule has 0 spiro atoms. The molecule has 0 unspecified atom stereocenters. The minimum absolute atomic E-state index is 0.0313. The number of benzene rings is 2. The van der Waals surface area contributed by atoms with Gasteiger partial charge in [0.15, 0.2) is 9.84 Å². The van der Waals surface area contributed by atoms with Crippen molar-refractivity contribution in [2.24, 2.45) is 0 Å². The van der Waals surface area contributed by atoms with Gasteiger partial charge >= 0.3 is 0 Å². The molecule has 0 bridgehead atoms. The summed E-state index contributed by atoms with van der Waals surface area (Å²) in [6, 6.07) is 10.2. The fourth-order valence-corrected chi connectivity index (χ4v) is 3.46. The number of hydrogen-bond donors (Lipinski definition) is 1. The molecule has 0 saturated carbocycles. The first kappa shape index (κ1) is 15.5. The molecule has 0 atom stereocenters. The SMILES string of the molecule is CS(=O)(=O)c1cccc(NS(=O)(=O)c2ccccc2F)c1. The van der Waals surface area contributed by atoms with Gasteiger partial charge in [-0.25, -0.2) is 21.2 Å². The number of anilines is 1. The van der Waals surface area contributed by atoms with Crippen LogP contribution >= 0.6 is 0 Å². The fourth-order valence-electron chi connectivity index (χ4n) is 1.66. The van der Waals surface area contributed by atoms with E-state index >= 15 is 0 Å². The first-order chi connectivity index (χ1) is 9.70. The predicted molar refractivity (Wildman–Crippen MR) is 76.8 cm³/mol. The van der Waals surface area contributed by atoms with Crippen LogP contribution in [0.2, 0.25) is 0 Å². The monoisotopic (exact) mass is 329 g/mol. The molecule has 0 fully saturated rings. The molecule has 0 radical (unpaired) electrons. The highest BCUT2D eigenvalue weighted by Crippen LogP contribution is 2.20. The summed E-state index contributed by atoms with van der Waals surface area (Å²) in [5.41, 5.74) is 0.0428. The highest BCUT2D eigenvalue weighted by molar-refractivity contribution is 7.92. The number of nitrogens with one attached hydrogen (secondary N) is 1. The lowest BCUT2D eigenvalue weighted by atomic mass is 10.3. The summed E-state index contributed by atoms with van der Waals surface area (Å²) < 4.78 is 62.7.